The van der Waals surface area contributed by atoms with Crippen LogP contribution >= 0.6 is 11.6 Å². The van der Waals surface area contributed by atoms with E-state index in [9.17, 15) is 14.9 Å². The Morgan fingerprint density at radius 2 is 1.84 bits per heavy atom. The first kappa shape index (κ1) is 22.9. The van der Waals surface area contributed by atoms with Gasteiger partial charge in [-0.3, -0.25) is 14.5 Å². The van der Waals surface area contributed by atoms with Gasteiger partial charge in [-0.15, -0.1) is 6.58 Å². The average Bonchev–Trinajstić information content (AvgIpc) is 2.80. The summed E-state index contributed by atoms with van der Waals surface area (Å²) >= 11 is 5.91. The van der Waals surface area contributed by atoms with Crippen LogP contribution in [-0.2, 0) is 16.2 Å². The summed E-state index contributed by atoms with van der Waals surface area (Å²) in [7, 11) is 1.52. The van der Waals surface area contributed by atoms with Crippen LogP contribution in [0.1, 0.15) is 18.1 Å². The topological polar surface area (TPSA) is 79.6 Å². The number of carbonyl (C=O) groups excluding carboxylic acids is 2. The van der Waals surface area contributed by atoms with Gasteiger partial charge < -0.3 is 9.47 Å². The Kier molecular flexibility index (Phi) is 7.14. The first-order chi connectivity index (χ1) is 15.4. The second-order valence-electron chi connectivity index (χ2n) is 7.00. The molecule has 3 rings (SSSR count). The van der Waals surface area contributed by atoms with Crippen molar-refractivity contribution in [1.29, 1.82) is 5.26 Å². The molecule has 0 unspecified atom stereocenters. The number of nitrogens with zero attached hydrogens (tertiary/aromatic N) is 2. The molecule has 0 aromatic heterocycles. The van der Waals surface area contributed by atoms with Crippen LogP contribution in [0.5, 0.6) is 11.5 Å². The molecular weight excluding hydrogens is 428 g/mol. The molecule has 0 fully saturated rings. The minimum atomic E-state index is -0.615. The molecule has 0 spiro atoms. The molecule has 0 radical (unpaired) electrons. The van der Waals surface area contributed by atoms with Crippen LogP contribution < -0.4 is 9.47 Å². The smallest absolute Gasteiger partial charge is 0.271 e. The maximum absolute atomic E-state index is 12.9. The van der Waals surface area contributed by atoms with Crippen molar-refractivity contribution in [1.82, 2.24) is 4.90 Å². The Bertz CT molecular complexity index is 1170. The molecule has 2 aromatic carbocycles. The van der Waals surface area contributed by atoms with Crippen molar-refractivity contribution in [3.05, 3.63) is 88.0 Å². The molecule has 1 aliphatic heterocycles. The van der Waals surface area contributed by atoms with Gasteiger partial charge in [0.15, 0.2) is 11.5 Å². The molecule has 0 N–H and O–H groups in total. The van der Waals surface area contributed by atoms with Crippen molar-refractivity contribution in [3.8, 4) is 17.6 Å². The van der Waals surface area contributed by atoms with Crippen molar-refractivity contribution in [2.75, 3.05) is 13.7 Å². The van der Waals surface area contributed by atoms with Gasteiger partial charge in [0.2, 0.25) is 0 Å². The lowest BCUT2D eigenvalue weighted by molar-refractivity contribution is -0.139. The lowest BCUT2D eigenvalue weighted by atomic mass is 9.93. The first-order valence-electron chi connectivity index (χ1n) is 9.75. The summed E-state index contributed by atoms with van der Waals surface area (Å²) < 4.78 is 11.3. The molecule has 0 aliphatic carbocycles. The number of hydrogen-bond donors (Lipinski definition) is 0. The van der Waals surface area contributed by atoms with Gasteiger partial charge >= 0.3 is 0 Å². The van der Waals surface area contributed by atoms with Crippen LogP contribution in [0.3, 0.4) is 0 Å². The SMILES string of the molecule is C=CCN1C(=O)C(C#N)=C(C)/C(=C\c2ccc(OCc3ccc(Cl)cc3)c(OC)c2)C1=O. The molecule has 0 atom stereocenters. The molecule has 0 bridgehead atoms. The number of nitriles is 1. The largest absolute Gasteiger partial charge is 0.493 e. The number of ether oxygens (including phenoxy) is 2. The van der Waals surface area contributed by atoms with Gasteiger partial charge in [-0.1, -0.05) is 35.9 Å². The minimum Gasteiger partial charge on any atom is -0.493 e. The summed E-state index contributed by atoms with van der Waals surface area (Å²) in [6.07, 6.45) is 3.07. The van der Waals surface area contributed by atoms with E-state index in [2.05, 4.69) is 6.58 Å². The zero-order valence-corrected chi connectivity index (χ0v) is 18.5. The van der Waals surface area contributed by atoms with Crippen LogP contribution in [-0.4, -0.2) is 30.4 Å². The van der Waals surface area contributed by atoms with Crippen molar-refractivity contribution < 1.29 is 19.1 Å². The van der Waals surface area contributed by atoms with Crippen LogP contribution in [0.2, 0.25) is 5.02 Å². The maximum Gasteiger partial charge on any atom is 0.271 e. The maximum atomic E-state index is 12.9. The molecule has 0 saturated carbocycles. The Labute approximate surface area is 191 Å². The Morgan fingerprint density at radius 3 is 2.47 bits per heavy atom. The predicted molar refractivity (Wildman–Crippen MR) is 122 cm³/mol. The third-order valence-corrected chi connectivity index (χ3v) is 5.20. The number of halogens is 1. The Hall–Kier alpha value is -3.82. The van der Waals surface area contributed by atoms with Gasteiger partial charge in [-0.2, -0.15) is 5.26 Å². The van der Waals surface area contributed by atoms with Crippen LogP contribution in [0.4, 0.5) is 0 Å². The van der Waals surface area contributed by atoms with E-state index >= 15 is 0 Å². The fourth-order valence-electron chi connectivity index (χ4n) is 3.23. The van der Waals surface area contributed by atoms with Gasteiger partial charge in [0.25, 0.3) is 11.8 Å². The number of benzene rings is 2. The molecule has 6 nitrogen and oxygen atoms in total. The van der Waals surface area contributed by atoms with Crippen molar-refractivity contribution in [3.63, 3.8) is 0 Å². The molecule has 7 heteroatoms. The van der Waals surface area contributed by atoms with E-state index in [1.807, 2.05) is 18.2 Å². The first-order valence-corrected chi connectivity index (χ1v) is 10.1. The Morgan fingerprint density at radius 1 is 1.12 bits per heavy atom. The second-order valence-corrected chi connectivity index (χ2v) is 7.44. The lowest BCUT2D eigenvalue weighted by Crippen LogP contribution is -2.42. The van der Waals surface area contributed by atoms with Gasteiger partial charge in [0.05, 0.1) is 7.11 Å². The lowest BCUT2D eigenvalue weighted by Gasteiger charge is -2.26. The van der Waals surface area contributed by atoms with Gasteiger partial charge in [-0.25, -0.2) is 0 Å². The molecule has 0 saturated heterocycles. The number of imide groups is 1. The van der Waals surface area contributed by atoms with Gasteiger partial charge in [0.1, 0.15) is 18.2 Å². The van der Waals surface area contributed by atoms with Crippen LogP contribution in [0.25, 0.3) is 6.08 Å². The van der Waals surface area contributed by atoms with E-state index in [1.165, 1.54) is 13.2 Å². The highest BCUT2D eigenvalue weighted by Gasteiger charge is 2.34. The van der Waals surface area contributed by atoms with Gasteiger partial charge in [-0.05, 0) is 54.0 Å². The standard InChI is InChI=1S/C25H21ClN2O4/c1-4-11-28-24(29)20(16(2)21(14-27)25(28)30)12-18-7-10-22(23(13-18)31-3)32-15-17-5-8-19(26)9-6-17/h4-10,12-13H,1,11,15H2,2-3H3/b20-12+. The number of methoxy groups -OCH3 is 1. The predicted octanol–water partition coefficient (Wildman–Crippen LogP) is 4.71. The number of hydrogen-bond acceptors (Lipinski definition) is 5. The third kappa shape index (κ3) is 4.74. The minimum absolute atomic E-state index is 0.0221. The third-order valence-electron chi connectivity index (χ3n) is 4.94. The summed E-state index contributed by atoms with van der Waals surface area (Å²) in [5.74, 6) is -0.0743. The molecule has 162 valence electrons. The van der Waals surface area contributed by atoms with E-state index in [0.717, 1.165) is 10.5 Å². The molecule has 1 heterocycles. The Balaban J connectivity index is 1.91. The van der Waals surface area contributed by atoms with Crippen LogP contribution in [0.15, 0.2) is 71.8 Å². The van der Waals surface area contributed by atoms with E-state index in [1.54, 1.807) is 43.3 Å². The normalized spacial score (nSPS) is 15.1. The van der Waals surface area contributed by atoms with Crippen molar-refractivity contribution in [2.24, 2.45) is 0 Å². The summed E-state index contributed by atoms with van der Waals surface area (Å²) in [5, 5.41) is 10.1. The van der Waals surface area contributed by atoms with Crippen LogP contribution in [0, 0.1) is 11.3 Å². The highest BCUT2D eigenvalue weighted by Crippen LogP contribution is 2.32. The zero-order valence-electron chi connectivity index (χ0n) is 17.7. The van der Waals surface area contributed by atoms with E-state index < -0.39 is 11.8 Å². The summed E-state index contributed by atoms with van der Waals surface area (Å²) in [6.45, 7) is 5.52. The highest BCUT2D eigenvalue weighted by atomic mass is 35.5. The zero-order chi connectivity index (χ0) is 23.3. The van der Waals surface area contributed by atoms with E-state index in [0.29, 0.717) is 34.3 Å². The summed E-state index contributed by atoms with van der Waals surface area (Å²) in [5.41, 5.74) is 2.15. The monoisotopic (exact) mass is 448 g/mol. The number of amides is 2. The quantitative estimate of drug-likeness (QED) is 0.348. The van der Waals surface area contributed by atoms with E-state index in [-0.39, 0.29) is 17.7 Å². The molecular formula is C25H21ClN2O4. The molecule has 2 aromatic rings. The van der Waals surface area contributed by atoms with Gasteiger partial charge in [0, 0.05) is 17.1 Å². The fraction of sp³-hybridized carbons (Fsp3) is 0.160. The number of rotatable bonds is 7. The summed E-state index contributed by atoms with van der Waals surface area (Å²) in [4.78, 5) is 26.3. The van der Waals surface area contributed by atoms with E-state index in [4.69, 9.17) is 21.1 Å². The van der Waals surface area contributed by atoms with Crippen molar-refractivity contribution >= 4 is 29.5 Å². The molecule has 1 aliphatic rings. The molecule has 32 heavy (non-hydrogen) atoms. The fourth-order valence-corrected chi connectivity index (χ4v) is 3.35. The average molecular weight is 449 g/mol. The molecule has 2 amide bonds. The second kappa shape index (κ2) is 9.99. The van der Waals surface area contributed by atoms with Crippen molar-refractivity contribution in [2.45, 2.75) is 13.5 Å². The highest BCUT2D eigenvalue weighted by molar-refractivity contribution is 6.30. The number of carbonyl (C=O) groups is 2. The summed E-state index contributed by atoms with van der Waals surface area (Å²) in [6, 6.07) is 14.5.